The first-order valence-corrected chi connectivity index (χ1v) is 9.70. The van der Waals surface area contributed by atoms with Gasteiger partial charge in [-0.15, -0.1) is 0 Å². The van der Waals surface area contributed by atoms with Crippen molar-refractivity contribution < 1.29 is 4.39 Å². The van der Waals surface area contributed by atoms with Crippen LogP contribution >= 0.6 is 0 Å². The van der Waals surface area contributed by atoms with Crippen LogP contribution in [0.15, 0.2) is 60.9 Å². The fraction of sp³-hybridized carbons (Fsp3) is 0.273. The number of hydrogen-bond acceptors (Lipinski definition) is 6. The van der Waals surface area contributed by atoms with Crippen LogP contribution in [0.4, 0.5) is 33.1 Å². The molecule has 150 valence electrons. The first-order chi connectivity index (χ1) is 14.1. The van der Waals surface area contributed by atoms with Crippen LogP contribution in [0, 0.1) is 5.82 Å². The summed E-state index contributed by atoms with van der Waals surface area (Å²) in [5.74, 6) is 1.48. The highest BCUT2D eigenvalue weighted by Crippen LogP contribution is 2.23. The van der Waals surface area contributed by atoms with Gasteiger partial charge in [-0.1, -0.05) is 0 Å². The maximum absolute atomic E-state index is 13.1. The molecule has 0 aliphatic carbocycles. The smallest absolute Gasteiger partial charge is 0.135 e. The van der Waals surface area contributed by atoms with Gasteiger partial charge in [0.05, 0.1) is 0 Å². The van der Waals surface area contributed by atoms with Gasteiger partial charge in [-0.25, -0.2) is 14.4 Å². The SMILES string of the molecule is CN(C)c1ccc(Nc2cc(N3CCN(c4ccc(F)cc4)CC3)ncn2)cc1. The van der Waals surface area contributed by atoms with Crippen molar-refractivity contribution in [3.8, 4) is 0 Å². The fourth-order valence-corrected chi connectivity index (χ4v) is 3.42. The zero-order valence-corrected chi connectivity index (χ0v) is 16.7. The Bertz CT molecular complexity index is 934. The van der Waals surface area contributed by atoms with Crippen molar-refractivity contribution in [2.75, 3.05) is 60.3 Å². The molecular formula is C22H25FN6. The van der Waals surface area contributed by atoms with Crippen molar-refractivity contribution in [2.24, 2.45) is 0 Å². The molecule has 0 radical (unpaired) electrons. The van der Waals surface area contributed by atoms with Gasteiger partial charge in [-0.2, -0.15) is 0 Å². The molecule has 3 aromatic rings. The predicted octanol–water partition coefficient (Wildman–Crippen LogP) is 3.75. The molecule has 1 aliphatic rings. The molecule has 6 nitrogen and oxygen atoms in total. The van der Waals surface area contributed by atoms with E-state index < -0.39 is 0 Å². The molecule has 2 heterocycles. The Morgan fingerprint density at radius 1 is 0.862 bits per heavy atom. The maximum atomic E-state index is 13.1. The topological polar surface area (TPSA) is 47.5 Å². The van der Waals surface area contributed by atoms with E-state index in [4.69, 9.17) is 0 Å². The van der Waals surface area contributed by atoms with E-state index in [2.05, 4.69) is 42.1 Å². The third kappa shape index (κ3) is 4.56. The molecule has 0 spiro atoms. The minimum atomic E-state index is -0.204. The van der Waals surface area contributed by atoms with Crippen LogP contribution in [0.1, 0.15) is 0 Å². The molecule has 1 saturated heterocycles. The lowest BCUT2D eigenvalue weighted by molar-refractivity contribution is 0.624. The number of anilines is 5. The molecule has 0 atom stereocenters. The number of halogens is 1. The van der Waals surface area contributed by atoms with Crippen molar-refractivity contribution in [3.63, 3.8) is 0 Å². The van der Waals surface area contributed by atoms with Crippen molar-refractivity contribution in [2.45, 2.75) is 0 Å². The van der Waals surface area contributed by atoms with Gasteiger partial charge in [0, 0.05) is 63.4 Å². The second kappa shape index (κ2) is 8.34. The van der Waals surface area contributed by atoms with Gasteiger partial charge in [0.25, 0.3) is 0 Å². The average molecular weight is 392 g/mol. The Morgan fingerprint density at radius 3 is 2.17 bits per heavy atom. The summed E-state index contributed by atoms with van der Waals surface area (Å²) in [5, 5.41) is 3.35. The maximum Gasteiger partial charge on any atom is 0.135 e. The van der Waals surface area contributed by atoms with E-state index in [1.54, 1.807) is 6.33 Å². The van der Waals surface area contributed by atoms with Crippen molar-refractivity contribution in [1.82, 2.24) is 9.97 Å². The molecule has 1 N–H and O–H groups in total. The lowest BCUT2D eigenvalue weighted by atomic mass is 10.2. The number of benzene rings is 2. The summed E-state index contributed by atoms with van der Waals surface area (Å²) in [4.78, 5) is 15.4. The standard InChI is InChI=1S/C22H25FN6/c1-27(2)19-9-5-18(6-10-19)26-21-15-22(25-16-24-21)29-13-11-28(12-14-29)20-7-3-17(23)4-8-20/h3-10,15-16H,11-14H2,1-2H3,(H,24,25,26). The van der Waals surface area contributed by atoms with Crippen LogP contribution in [-0.4, -0.2) is 50.2 Å². The lowest BCUT2D eigenvalue weighted by Crippen LogP contribution is -2.46. The highest BCUT2D eigenvalue weighted by Gasteiger charge is 2.19. The molecule has 7 heteroatoms. The molecule has 29 heavy (non-hydrogen) atoms. The summed E-state index contributed by atoms with van der Waals surface area (Å²) in [5.41, 5.74) is 3.19. The highest BCUT2D eigenvalue weighted by molar-refractivity contribution is 5.62. The summed E-state index contributed by atoms with van der Waals surface area (Å²) >= 11 is 0. The molecule has 0 bridgehead atoms. The van der Waals surface area contributed by atoms with E-state index in [-0.39, 0.29) is 5.82 Å². The van der Waals surface area contributed by atoms with Crippen LogP contribution in [0.5, 0.6) is 0 Å². The Morgan fingerprint density at radius 2 is 1.52 bits per heavy atom. The van der Waals surface area contributed by atoms with Crippen LogP contribution in [0.3, 0.4) is 0 Å². The van der Waals surface area contributed by atoms with E-state index in [0.717, 1.165) is 54.9 Å². The van der Waals surface area contributed by atoms with Crippen molar-refractivity contribution in [1.29, 1.82) is 0 Å². The second-order valence-corrected chi connectivity index (χ2v) is 7.28. The van der Waals surface area contributed by atoms with Gasteiger partial charge in [0.1, 0.15) is 23.8 Å². The van der Waals surface area contributed by atoms with E-state index in [0.29, 0.717) is 0 Å². The Kier molecular flexibility index (Phi) is 5.46. The largest absolute Gasteiger partial charge is 0.378 e. The van der Waals surface area contributed by atoms with E-state index in [1.807, 2.05) is 44.4 Å². The van der Waals surface area contributed by atoms with E-state index in [9.17, 15) is 4.39 Å². The number of rotatable bonds is 5. The van der Waals surface area contributed by atoms with Gasteiger partial charge < -0.3 is 20.0 Å². The minimum Gasteiger partial charge on any atom is -0.378 e. The molecule has 1 fully saturated rings. The van der Waals surface area contributed by atoms with Crippen molar-refractivity contribution in [3.05, 3.63) is 66.7 Å². The van der Waals surface area contributed by atoms with E-state index in [1.165, 1.54) is 12.1 Å². The summed E-state index contributed by atoms with van der Waals surface area (Å²) in [7, 11) is 4.05. The molecule has 2 aromatic carbocycles. The minimum absolute atomic E-state index is 0.204. The van der Waals surface area contributed by atoms with Crippen LogP contribution in [0.2, 0.25) is 0 Å². The second-order valence-electron chi connectivity index (χ2n) is 7.28. The first kappa shape index (κ1) is 19.0. The van der Waals surface area contributed by atoms with Crippen molar-refractivity contribution >= 4 is 28.7 Å². The third-order valence-electron chi connectivity index (χ3n) is 5.10. The zero-order chi connectivity index (χ0) is 20.2. The first-order valence-electron chi connectivity index (χ1n) is 9.70. The summed E-state index contributed by atoms with van der Waals surface area (Å²) in [6, 6.07) is 16.9. The summed E-state index contributed by atoms with van der Waals surface area (Å²) in [6.07, 6.45) is 1.60. The van der Waals surface area contributed by atoms with Gasteiger partial charge in [-0.3, -0.25) is 0 Å². The number of aromatic nitrogens is 2. The molecular weight excluding hydrogens is 367 g/mol. The van der Waals surface area contributed by atoms with Gasteiger partial charge in [0.15, 0.2) is 0 Å². The van der Waals surface area contributed by atoms with Gasteiger partial charge in [0.2, 0.25) is 0 Å². The number of nitrogens with one attached hydrogen (secondary N) is 1. The lowest BCUT2D eigenvalue weighted by Gasteiger charge is -2.36. The Balaban J connectivity index is 1.39. The number of hydrogen-bond donors (Lipinski definition) is 1. The Hall–Kier alpha value is -3.35. The fourth-order valence-electron chi connectivity index (χ4n) is 3.42. The number of nitrogens with zero attached hydrogens (tertiary/aromatic N) is 5. The molecule has 4 rings (SSSR count). The van der Waals surface area contributed by atoms with Crippen LogP contribution < -0.4 is 20.0 Å². The van der Waals surface area contributed by atoms with Crippen LogP contribution in [0.25, 0.3) is 0 Å². The van der Waals surface area contributed by atoms with Gasteiger partial charge in [-0.05, 0) is 48.5 Å². The highest BCUT2D eigenvalue weighted by atomic mass is 19.1. The summed E-state index contributed by atoms with van der Waals surface area (Å²) < 4.78 is 13.1. The molecule has 1 aromatic heterocycles. The molecule has 0 unspecified atom stereocenters. The average Bonchev–Trinajstić information content (AvgIpc) is 2.75. The molecule has 0 amide bonds. The van der Waals surface area contributed by atoms with E-state index >= 15 is 0 Å². The normalized spacial score (nSPS) is 14.0. The third-order valence-corrected chi connectivity index (χ3v) is 5.10. The number of piperazine rings is 1. The zero-order valence-electron chi connectivity index (χ0n) is 16.7. The summed E-state index contributed by atoms with van der Waals surface area (Å²) in [6.45, 7) is 3.44. The predicted molar refractivity (Wildman–Crippen MR) is 117 cm³/mol. The van der Waals surface area contributed by atoms with Crippen LogP contribution in [-0.2, 0) is 0 Å². The monoisotopic (exact) mass is 392 g/mol. The van der Waals surface area contributed by atoms with Gasteiger partial charge >= 0.3 is 0 Å². The molecule has 1 aliphatic heterocycles. The Labute approximate surface area is 170 Å². The quantitative estimate of drug-likeness (QED) is 0.714. The molecule has 0 saturated carbocycles.